The number of ether oxygens (including phenoxy) is 3. The highest BCUT2D eigenvalue weighted by Crippen LogP contribution is 2.20. The molecule has 1 aliphatic rings. The minimum atomic E-state index is -0.836. The first kappa shape index (κ1) is 42.6. The molecule has 13 heteroatoms. The van der Waals surface area contributed by atoms with Crippen LogP contribution in [0.3, 0.4) is 0 Å². The topological polar surface area (TPSA) is 161 Å². The number of amides is 4. The number of methoxy groups -OCH3 is 1. The third kappa shape index (κ3) is 19.2. The largest absolute Gasteiger partial charge is 0.490 e. The van der Waals surface area contributed by atoms with Gasteiger partial charge in [0.05, 0.1) is 7.11 Å². The van der Waals surface area contributed by atoms with E-state index in [1.165, 1.54) is 19.4 Å². The van der Waals surface area contributed by atoms with Gasteiger partial charge >= 0.3 is 12.1 Å². The average Bonchev–Trinajstić information content (AvgIpc) is 3.04. The lowest BCUT2D eigenvalue weighted by Gasteiger charge is -2.29. The van der Waals surface area contributed by atoms with Gasteiger partial charge in [-0.1, -0.05) is 62.6 Å². The Morgan fingerprint density at radius 1 is 1.14 bits per heavy atom. The molecule has 12 nitrogen and oxygen atoms in total. The van der Waals surface area contributed by atoms with Crippen LogP contribution in [0.1, 0.15) is 73.1 Å². The molecule has 4 amide bonds. The zero-order valence-corrected chi connectivity index (χ0v) is 30.3. The highest BCUT2D eigenvalue weighted by molar-refractivity contribution is 7.80. The average molecular weight is 701 g/mol. The molecule has 1 rings (SSSR count). The van der Waals surface area contributed by atoms with Gasteiger partial charge in [-0.25, -0.2) is 9.59 Å². The summed E-state index contributed by atoms with van der Waals surface area (Å²) in [5.74, 6) is 4.98. The molecule has 0 saturated heterocycles. The van der Waals surface area contributed by atoms with Crippen LogP contribution < -0.4 is 21.3 Å². The second-order valence-electron chi connectivity index (χ2n) is 12.2. The third-order valence-corrected chi connectivity index (χ3v) is 7.13. The molecule has 0 aromatic heterocycles. The van der Waals surface area contributed by atoms with Crippen molar-refractivity contribution in [3.8, 4) is 11.8 Å². The maximum Gasteiger partial charge on any atom is 0.407 e. The van der Waals surface area contributed by atoms with Gasteiger partial charge in [-0.3, -0.25) is 14.4 Å². The van der Waals surface area contributed by atoms with Crippen LogP contribution >= 0.6 is 12.6 Å². The molecule has 0 saturated carbocycles. The molecule has 0 aromatic carbocycles. The van der Waals surface area contributed by atoms with Gasteiger partial charge < -0.3 is 35.5 Å². The van der Waals surface area contributed by atoms with Crippen molar-refractivity contribution in [3.63, 3.8) is 0 Å². The number of carbonyl (C=O) groups excluding carboxylic acids is 5. The summed E-state index contributed by atoms with van der Waals surface area (Å²) < 4.78 is 15.8. The highest BCUT2D eigenvalue weighted by Gasteiger charge is 2.32. The summed E-state index contributed by atoms with van der Waals surface area (Å²) in [7, 11) is 1.43. The van der Waals surface area contributed by atoms with Gasteiger partial charge in [-0.05, 0) is 43.7 Å². The first-order chi connectivity index (χ1) is 23.3. The van der Waals surface area contributed by atoms with Gasteiger partial charge in [0.15, 0.2) is 5.76 Å². The number of alkyl carbamates (subject to hydrolysis) is 1. The molecule has 0 spiro atoms. The maximum atomic E-state index is 13.0. The van der Waals surface area contributed by atoms with E-state index in [1.807, 2.05) is 39.8 Å². The molecule has 3 unspecified atom stereocenters. The number of allylic oxidation sites excluding steroid dienone is 4. The van der Waals surface area contributed by atoms with Crippen molar-refractivity contribution in [1.82, 2.24) is 21.3 Å². The normalized spacial score (nSPS) is 16.2. The van der Waals surface area contributed by atoms with E-state index >= 15 is 0 Å². The molecule has 0 bridgehead atoms. The van der Waals surface area contributed by atoms with Crippen molar-refractivity contribution in [2.24, 2.45) is 5.41 Å². The Bertz CT molecular complexity index is 1330. The van der Waals surface area contributed by atoms with Gasteiger partial charge in [0.2, 0.25) is 17.7 Å². The molecular weight excluding hydrogens is 648 g/mol. The summed E-state index contributed by atoms with van der Waals surface area (Å²) >= 11 is 4.02. The second-order valence-corrected chi connectivity index (χ2v) is 12.6. The van der Waals surface area contributed by atoms with E-state index in [0.717, 1.165) is 5.57 Å². The summed E-state index contributed by atoms with van der Waals surface area (Å²) in [6.07, 6.45) is 14.5. The molecule has 1 heterocycles. The lowest BCUT2D eigenvalue weighted by atomic mass is 9.86. The molecule has 0 aromatic rings. The quantitative estimate of drug-likeness (QED) is 0.0335. The number of hydrogen-bond acceptors (Lipinski definition) is 9. The van der Waals surface area contributed by atoms with Crippen molar-refractivity contribution in [2.45, 2.75) is 91.4 Å². The Morgan fingerprint density at radius 2 is 1.86 bits per heavy atom. The number of thiol groups is 1. The van der Waals surface area contributed by atoms with Crippen LogP contribution in [0, 0.1) is 17.3 Å². The van der Waals surface area contributed by atoms with Crippen LogP contribution in [0.4, 0.5) is 4.79 Å². The van der Waals surface area contributed by atoms with Crippen LogP contribution in [0.25, 0.3) is 0 Å². The van der Waals surface area contributed by atoms with Crippen molar-refractivity contribution >= 4 is 42.4 Å². The molecule has 270 valence electrons. The number of esters is 1. The third-order valence-electron chi connectivity index (χ3n) is 6.90. The van der Waals surface area contributed by atoms with E-state index in [9.17, 15) is 24.0 Å². The first-order valence-electron chi connectivity index (χ1n) is 16.2. The highest BCUT2D eigenvalue weighted by atomic mass is 32.1. The van der Waals surface area contributed by atoms with Gasteiger partial charge in [0.25, 0.3) is 0 Å². The Kier molecular flexibility index (Phi) is 20.7. The monoisotopic (exact) mass is 700 g/mol. The van der Waals surface area contributed by atoms with E-state index in [1.54, 1.807) is 31.2 Å². The van der Waals surface area contributed by atoms with Crippen molar-refractivity contribution in [3.05, 3.63) is 60.1 Å². The van der Waals surface area contributed by atoms with E-state index in [-0.39, 0.29) is 17.8 Å². The predicted octanol–water partition coefficient (Wildman–Crippen LogP) is 4.17. The summed E-state index contributed by atoms with van der Waals surface area (Å²) in [4.78, 5) is 61.2. The Hall–Kier alpha value is -4.44. The smallest absolute Gasteiger partial charge is 0.407 e. The number of carbonyl (C=O) groups is 5. The fourth-order valence-corrected chi connectivity index (χ4v) is 4.42. The van der Waals surface area contributed by atoms with Crippen molar-refractivity contribution in [2.75, 3.05) is 26.0 Å². The number of cyclic esters (lactones) is 1. The van der Waals surface area contributed by atoms with Crippen molar-refractivity contribution in [1.29, 1.82) is 0 Å². The van der Waals surface area contributed by atoms with Crippen LogP contribution in [0.5, 0.6) is 0 Å². The van der Waals surface area contributed by atoms with Crippen LogP contribution in [-0.2, 0) is 33.4 Å². The molecule has 0 fully saturated rings. The zero-order valence-electron chi connectivity index (χ0n) is 29.4. The minimum absolute atomic E-state index is 0.0888. The summed E-state index contributed by atoms with van der Waals surface area (Å²) in [5, 5.41) is 10.9. The van der Waals surface area contributed by atoms with E-state index in [4.69, 9.17) is 14.2 Å². The summed E-state index contributed by atoms with van der Waals surface area (Å²) in [6, 6.07) is -0.836. The number of nitrogens with one attached hydrogen (secondary N) is 4. The Labute approximate surface area is 296 Å². The predicted molar refractivity (Wildman–Crippen MR) is 192 cm³/mol. The van der Waals surface area contributed by atoms with E-state index in [2.05, 4.69) is 45.7 Å². The lowest BCUT2D eigenvalue weighted by molar-refractivity contribution is -0.149. The summed E-state index contributed by atoms with van der Waals surface area (Å²) in [5.41, 5.74) is 0.340. The van der Waals surface area contributed by atoms with Crippen molar-refractivity contribution < 1.29 is 38.2 Å². The van der Waals surface area contributed by atoms with Gasteiger partial charge in [-0.2, -0.15) is 12.6 Å². The second kappa shape index (κ2) is 23.8. The van der Waals surface area contributed by atoms with Crippen LogP contribution in [0.2, 0.25) is 0 Å². The molecule has 4 N–H and O–H groups in total. The first-order valence-corrected chi connectivity index (χ1v) is 16.9. The zero-order chi connectivity index (χ0) is 36.7. The van der Waals surface area contributed by atoms with Crippen LogP contribution in [-0.4, -0.2) is 74.0 Å². The van der Waals surface area contributed by atoms with Gasteiger partial charge in [0, 0.05) is 51.3 Å². The van der Waals surface area contributed by atoms with E-state index < -0.39 is 41.4 Å². The number of hydrogen-bond donors (Lipinski definition) is 5. The fourth-order valence-electron chi connectivity index (χ4n) is 4.21. The molecule has 1 aliphatic heterocycles. The summed E-state index contributed by atoms with van der Waals surface area (Å²) in [6.45, 7) is 9.88. The Balaban J connectivity index is 2.60. The minimum Gasteiger partial charge on any atom is -0.490 e. The molecule has 0 radical (unpaired) electrons. The maximum absolute atomic E-state index is 13.0. The molecule has 3 atom stereocenters. The standard InChI is InChI=1S/C36H52N4O8S/c1-7-8-14-27(48-35(45)39-24-12-23-37-30(41)21-25-49)15-11-22-38-33(43)32(36(3,4)5)40-31(42)16-10-9-13-26(2)17-18-28-19-20-29(46-6)34(44)47-28/h9-11,13,16-17,20,22,27-28,32,49H,12,14-15,18-19,21,23-25H2,1-6H3,(H,37,41)(H,38,43)(H,39,45)(H,40,42)/b13-9-,16-10-,22-11-,26-17+. The Morgan fingerprint density at radius 3 is 2.51 bits per heavy atom. The number of rotatable bonds is 19. The fraction of sp³-hybridized carbons (Fsp3) is 0.528. The lowest BCUT2D eigenvalue weighted by Crippen LogP contribution is -2.52. The van der Waals surface area contributed by atoms with E-state index in [0.29, 0.717) is 57.4 Å². The van der Waals surface area contributed by atoms with Crippen LogP contribution in [0.15, 0.2) is 60.1 Å². The van der Waals surface area contributed by atoms with Gasteiger partial charge in [0.1, 0.15) is 18.2 Å². The molecule has 0 aliphatic carbocycles. The molecule has 49 heavy (non-hydrogen) atoms. The molecular formula is C36H52N4O8S. The van der Waals surface area contributed by atoms with Gasteiger partial charge in [-0.15, -0.1) is 5.92 Å². The SMILES string of the molecule is CC#CCC(C/C=C\NC(=O)C(NC(=O)\C=C/C=C\C(C)=C\CC1CC=C(OC)C(=O)O1)C(C)(C)C)OC(=O)NCCCNC(=O)CCS.